The lowest BCUT2D eigenvalue weighted by Crippen LogP contribution is -1.96. The fourth-order valence-electron chi connectivity index (χ4n) is 2.10. The quantitative estimate of drug-likeness (QED) is 0.508. The SMILES string of the molecule is N#Cc1cccc(N=Nc2c(-c3cccc(N)c3)[nH][nH]c2=O)c1. The molecule has 3 aromatic rings. The Morgan fingerprint density at radius 1 is 1.04 bits per heavy atom. The third-order valence-electron chi connectivity index (χ3n) is 3.17. The largest absolute Gasteiger partial charge is 0.399 e. The summed E-state index contributed by atoms with van der Waals surface area (Å²) in [7, 11) is 0. The van der Waals surface area contributed by atoms with Crippen molar-refractivity contribution >= 4 is 17.1 Å². The summed E-state index contributed by atoms with van der Waals surface area (Å²) in [6.45, 7) is 0. The second kappa shape index (κ2) is 5.99. The first kappa shape index (κ1) is 14.3. The Balaban J connectivity index is 2.01. The fourth-order valence-corrected chi connectivity index (χ4v) is 2.10. The number of anilines is 1. The molecule has 0 atom stereocenters. The average molecular weight is 304 g/mol. The molecule has 0 amide bonds. The van der Waals surface area contributed by atoms with Crippen molar-refractivity contribution in [2.75, 3.05) is 5.73 Å². The van der Waals surface area contributed by atoms with Gasteiger partial charge in [0.1, 0.15) is 0 Å². The van der Waals surface area contributed by atoms with Gasteiger partial charge < -0.3 is 5.73 Å². The van der Waals surface area contributed by atoms with Crippen LogP contribution in [0, 0.1) is 11.3 Å². The second-order valence-corrected chi connectivity index (χ2v) is 4.79. The molecule has 7 heteroatoms. The van der Waals surface area contributed by atoms with Crippen molar-refractivity contribution in [3.05, 3.63) is 64.4 Å². The zero-order chi connectivity index (χ0) is 16.2. The van der Waals surface area contributed by atoms with Gasteiger partial charge in [-0.1, -0.05) is 18.2 Å². The van der Waals surface area contributed by atoms with Crippen LogP contribution in [0.15, 0.2) is 63.6 Å². The summed E-state index contributed by atoms with van der Waals surface area (Å²) in [6.07, 6.45) is 0. The first-order valence-electron chi connectivity index (χ1n) is 6.76. The number of aromatic amines is 2. The van der Waals surface area contributed by atoms with E-state index in [0.717, 1.165) is 5.56 Å². The van der Waals surface area contributed by atoms with Crippen LogP contribution in [-0.4, -0.2) is 10.2 Å². The van der Waals surface area contributed by atoms with E-state index in [4.69, 9.17) is 11.0 Å². The average Bonchev–Trinajstić information content (AvgIpc) is 2.94. The van der Waals surface area contributed by atoms with E-state index in [1.54, 1.807) is 42.5 Å². The molecule has 4 N–H and O–H groups in total. The van der Waals surface area contributed by atoms with Crippen molar-refractivity contribution in [3.63, 3.8) is 0 Å². The molecule has 0 aliphatic rings. The Morgan fingerprint density at radius 3 is 2.65 bits per heavy atom. The lowest BCUT2D eigenvalue weighted by atomic mass is 10.1. The third-order valence-corrected chi connectivity index (χ3v) is 3.17. The first-order valence-corrected chi connectivity index (χ1v) is 6.76. The molecule has 2 aromatic carbocycles. The summed E-state index contributed by atoms with van der Waals surface area (Å²) < 4.78 is 0. The molecule has 0 spiro atoms. The molecule has 0 unspecified atom stereocenters. The lowest BCUT2D eigenvalue weighted by Gasteiger charge is -2.00. The summed E-state index contributed by atoms with van der Waals surface area (Å²) in [4.78, 5) is 11.9. The smallest absolute Gasteiger partial charge is 0.292 e. The van der Waals surface area contributed by atoms with Crippen molar-refractivity contribution < 1.29 is 0 Å². The van der Waals surface area contributed by atoms with Gasteiger partial charge in [0.15, 0.2) is 5.69 Å². The van der Waals surface area contributed by atoms with Crippen molar-refractivity contribution in [2.24, 2.45) is 10.2 Å². The standard InChI is InChI=1S/C16H12N6O/c17-9-10-3-1-6-13(7-10)19-21-15-14(20-22-16(15)23)11-4-2-5-12(18)8-11/h1-8H,18H2,(H2,20,22,23). The minimum Gasteiger partial charge on any atom is -0.399 e. The Morgan fingerprint density at radius 2 is 1.87 bits per heavy atom. The van der Waals surface area contributed by atoms with Gasteiger partial charge in [-0.2, -0.15) is 10.4 Å². The molecule has 0 radical (unpaired) electrons. The molecular formula is C16H12N6O. The number of nitrogen functional groups attached to an aromatic ring is 1. The Bertz CT molecular complexity index is 976. The normalized spacial score (nSPS) is 10.7. The maximum absolute atomic E-state index is 11.9. The molecule has 112 valence electrons. The number of nitriles is 1. The van der Waals surface area contributed by atoms with Crippen LogP contribution in [0.3, 0.4) is 0 Å². The van der Waals surface area contributed by atoms with Crippen molar-refractivity contribution in [1.82, 2.24) is 10.2 Å². The molecule has 0 bridgehead atoms. The molecule has 0 fully saturated rings. The maximum Gasteiger partial charge on any atom is 0.292 e. The highest BCUT2D eigenvalue weighted by Gasteiger charge is 2.11. The van der Waals surface area contributed by atoms with Crippen LogP contribution in [0.1, 0.15) is 5.56 Å². The molecule has 1 heterocycles. The van der Waals surface area contributed by atoms with Gasteiger partial charge in [-0.15, -0.1) is 5.11 Å². The predicted molar refractivity (Wildman–Crippen MR) is 86.6 cm³/mol. The molecule has 7 nitrogen and oxygen atoms in total. The van der Waals surface area contributed by atoms with Gasteiger partial charge >= 0.3 is 0 Å². The van der Waals surface area contributed by atoms with Crippen LogP contribution in [0.25, 0.3) is 11.3 Å². The second-order valence-electron chi connectivity index (χ2n) is 4.79. The molecule has 3 rings (SSSR count). The van der Waals surface area contributed by atoms with E-state index in [2.05, 4.69) is 20.4 Å². The van der Waals surface area contributed by atoms with Gasteiger partial charge in [-0.05, 0) is 30.3 Å². The highest BCUT2D eigenvalue weighted by Crippen LogP contribution is 2.27. The topological polar surface area (TPSA) is 123 Å². The van der Waals surface area contributed by atoms with E-state index in [-0.39, 0.29) is 11.2 Å². The van der Waals surface area contributed by atoms with Crippen LogP contribution in [0.2, 0.25) is 0 Å². The summed E-state index contributed by atoms with van der Waals surface area (Å²) in [5.41, 5.74) is 8.29. The molecule has 0 aliphatic heterocycles. The molecule has 1 aromatic heterocycles. The number of hydrogen-bond donors (Lipinski definition) is 3. The number of rotatable bonds is 3. The van der Waals surface area contributed by atoms with Gasteiger partial charge in [-0.3, -0.25) is 15.0 Å². The van der Waals surface area contributed by atoms with Crippen molar-refractivity contribution in [3.8, 4) is 17.3 Å². The number of aromatic nitrogens is 2. The van der Waals surface area contributed by atoms with Crippen LogP contribution >= 0.6 is 0 Å². The highest BCUT2D eigenvalue weighted by molar-refractivity contribution is 5.73. The molecule has 0 saturated heterocycles. The third kappa shape index (κ3) is 3.01. The van der Waals surface area contributed by atoms with E-state index in [9.17, 15) is 4.79 Å². The zero-order valence-corrected chi connectivity index (χ0v) is 11.9. The van der Waals surface area contributed by atoms with Crippen LogP contribution < -0.4 is 11.3 Å². The monoisotopic (exact) mass is 304 g/mol. The summed E-state index contributed by atoms with van der Waals surface area (Å²) in [6, 6.07) is 15.8. The number of azo groups is 1. The summed E-state index contributed by atoms with van der Waals surface area (Å²) in [5, 5.41) is 22.2. The van der Waals surface area contributed by atoms with Gasteiger partial charge in [-0.25, -0.2) is 0 Å². The van der Waals surface area contributed by atoms with E-state index >= 15 is 0 Å². The number of nitrogens with zero attached hydrogens (tertiary/aromatic N) is 3. The van der Waals surface area contributed by atoms with Gasteiger partial charge in [0.25, 0.3) is 5.56 Å². The van der Waals surface area contributed by atoms with E-state index in [0.29, 0.717) is 22.6 Å². The Labute approximate surface area is 131 Å². The maximum atomic E-state index is 11.9. The minimum absolute atomic E-state index is 0.151. The van der Waals surface area contributed by atoms with Gasteiger partial charge in [0.2, 0.25) is 0 Å². The van der Waals surface area contributed by atoms with E-state index in [1.165, 1.54) is 0 Å². The number of nitrogens with two attached hydrogens (primary N) is 1. The number of benzene rings is 2. The first-order chi connectivity index (χ1) is 11.2. The summed E-state index contributed by atoms with van der Waals surface area (Å²) >= 11 is 0. The number of nitrogens with one attached hydrogen (secondary N) is 2. The molecule has 0 aliphatic carbocycles. The molecular weight excluding hydrogens is 292 g/mol. The van der Waals surface area contributed by atoms with E-state index in [1.807, 2.05) is 12.1 Å². The predicted octanol–water partition coefficient (Wildman–Crippen LogP) is 3.24. The van der Waals surface area contributed by atoms with Gasteiger partial charge in [0, 0.05) is 11.3 Å². The minimum atomic E-state index is -0.386. The Hall–Kier alpha value is -3.66. The van der Waals surface area contributed by atoms with Crippen molar-refractivity contribution in [1.29, 1.82) is 5.26 Å². The van der Waals surface area contributed by atoms with Crippen LogP contribution in [0.4, 0.5) is 17.1 Å². The lowest BCUT2D eigenvalue weighted by molar-refractivity contribution is 1.06. The van der Waals surface area contributed by atoms with Crippen molar-refractivity contribution in [2.45, 2.75) is 0 Å². The van der Waals surface area contributed by atoms with Crippen LogP contribution in [0.5, 0.6) is 0 Å². The molecule has 0 saturated carbocycles. The fraction of sp³-hybridized carbons (Fsp3) is 0. The number of H-pyrrole nitrogens is 2. The Kier molecular flexibility index (Phi) is 3.72. The highest BCUT2D eigenvalue weighted by atomic mass is 16.1. The summed E-state index contributed by atoms with van der Waals surface area (Å²) in [5.74, 6) is 0. The number of hydrogen-bond acceptors (Lipinski definition) is 5. The van der Waals surface area contributed by atoms with Crippen LogP contribution in [-0.2, 0) is 0 Å². The zero-order valence-electron chi connectivity index (χ0n) is 11.9. The van der Waals surface area contributed by atoms with Gasteiger partial charge in [0.05, 0.1) is 23.0 Å². The van der Waals surface area contributed by atoms with E-state index < -0.39 is 0 Å². The molecule has 23 heavy (non-hydrogen) atoms.